The normalized spacial score (nSPS) is 15.3. The highest BCUT2D eigenvalue weighted by molar-refractivity contribution is 5.43. The second-order valence-electron chi connectivity index (χ2n) is 4.01. The van der Waals surface area contributed by atoms with E-state index in [4.69, 9.17) is 5.73 Å². The summed E-state index contributed by atoms with van der Waals surface area (Å²) in [6, 6.07) is 0. The van der Waals surface area contributed by atoms with Gasteiger partial charge in [-0.05, 0) is 25.7 Å². The standard InChI is InChI=1S/C11H18N4/c1-2-15(8-9-3-4-9)11-10(7-12)13-5-6-14-11/h5-6,9H,2-4,7-8,12H2,1H3. The molecule has 0 bridgehead atoms. The zero-order valence-corrected chi connectivity index (χ0v) is 9.19. The molecule has 1 fully saturated rings. The second-order valence-corrected chi connectivity index (χ2v) is 4.01. The van der Waals surface area contributed by atoms with Crippen LogP contribution in [0.3, 0.4) is 0 Å². The fourth-order valence-electron chi connectivity index (χ4n) is 1.75. The number of aromatic nitrogens is 2. The predicted octanol–water partition coefficient (Wildman–Crippen LogP) is 1.17. The lowest BCUT2D eigenvalue weighted by atomic mass is 10.3. The van der Waals surface area contributed by atoms with E-state index in [0.717, 1.165) is 30.5 Å². The Hall–Kier alpha value is -1.16. The first kappa shape index (κ1) is 10.4. The van der Waals surface area contributed by atoms with Crippen molar-refractivity contribution < 1.29 is 0 Å². The molecule has 4 nitrogen and oxygen atoms in total. The molecule has 1 aliphatic rings. The van der Waals surface area contributed by atoms with Crippen LogP contribution in [-0.2, 0) is 6.54 Å². The van der Waals surface area contributed by atoms with Gasteiger partial charge in [0, 0.05) is 32.0 Å². The summed E-state index contributed by atoms with van der Waals surface area (Å²) < 4.78 is 0. The monoisotopic (exact) mass is 206 g/mol. The van der Waals surface area contributed by atoms with Gasteiger partial charge in [-0.15, -0.1) is 0 Å². The number of rotatable bonds is 5. The van der Waals surface area contributed by atoms with Crippen LogP contribution in [0.15, 0.2) is 12.4 Å². The highest BCUT2D eigenvalue weighted by atomic mass is 15.2. The minimum absolute atomic E-state index is 0.463. The quantitative estimate of drug-likeness (QED) is 0.785. The van der Waals surface area contributed by atoms with E-state index in [9.17, 15) is 0 Å². The summed E-state index contributed by atoms with van der Waals surface area (Å²) in [6.45, 7) is 4.69. The van der Waals surface area contributed by atoms with E-state index in [1.807, 2.05) is 0 Å². The molecular formula is C11H18N4. The molecule has 0 unspecified atom stereocenters. The van der Waals surface area contributed by atoms with Gasteiger partial charge in [0.05, 0.1) is 5.69 Å². The van der Waals surface area contributed by atoms with Crippen molar-refractivity contribution in [3.8, 4) is 0 Å². The molecule has 82 valence electrons. The fraction of sp³-hybridized carbons (Fsp3) is 0.636. The Kier molecular flexibility index (Phi) is 3.16. The average molecular weight is 206 g/mol. The molecule has 0 spiro atoms. The largest absolute Gasteiger partial charge is 0.355 e. The maximum Gasteiger partial charge on any atom is 0.151 e. The van der Waals surface area contributed by atoms with Crippen LogP contribution >= 0.6 is 0 Å². The summed E-state index contributed by atoms with van der Waals surface area (Å²) >= 11 is 0. The van der Waals surface area contributed by atoms with Crippen molar-refractivity contribution in [2.75, 3.05) is 18.0 Å². The minimum Gasteiger partial charge on any atom is -0.355 e. The first-order chi connectivity index (χ1) is 7.35. The van der Waals surface area contributed by atoms with Gasteiger partial charge in [0.2, 0.25) is 0 Å². The lowest BCUT2D eigenvalue weighted by Gasteiger charge is -2.23. The van der Waals surface area contributed by atoms with Crippen molar-refractivity contribution in [2.24, 2.45) is 11.7 Å². The van der Waals surface area contributed by atoms with Crippen LogP contribution in [0.1, 0.15) is 25.5 Å². The Bertz CT molecular complexity index is 322. The Balaban J connectivity index is 2.15. The lowest BCUT2D eigenvalue weighted by molar-refractivity contribution is 0.721. The summed E-state index contributed by atoms with van der Waals surface area (Å²) in [7, 11) is 0. The third-order valence-electron chi connectivity index (χ3n) is 2.80. The van der Waals surface area contributed by atoms with Gasteiger partial charge in [0.25, 0.3) is 0 Å². The van der Waals surface area contributed by atoms with Gasteiger partial charge < -0.3 is 10.6 Å². The van der Waals surface area contributed by atoms with Crippen LogP contribution in [0.2, 0.25) is 0 Å². The van der Waals surface area contributed by atoms with Crippen LogP contribution in [0, 0.1) is 5.92 Å². The summed E-state index contributed by atoms with van der Waals surface area (Å²) in [4.78, 5) is 10.9. The topological polar surface area (TPSA) is 55.0 Å². The number of hydrogen-bond donors (Lipinski definition) is 1. The van der Waals surface area contributed by atoms with Gasteiger partial charge in [-0.3, -0.25) is 4.98 Å². The highest BCUT2D eigenvalue weighted by Crippen LogP contribution is 2.31. The van der Waals surface area contributed by atoms with E-state index in [1.165, 1.54) is 12.8 Å². The molecule has 1 saturated carbocycles. The van der Waals surface area contributed by atoms with Gasteiger partial charge in [-0.25, -0.2) is 4.98 Å². The summed E-state index contributed by atoms with van der Waals surface area (Å²) in [5, 5.41) is 0. The van der Waals surface area contributed by atoms with Crippen LogP contribution in [0.25, 0.3) is 0 Å². The van der Waals surface area contributed by atoms with E-state index >= 15 is 0 Å². The minimum atomic E-state index is 0.463. The van der Waals surface area contributed by atoms with E-state index in [1.54, 1.807) is 12.4 Å². The Morgan fingerprint density at radius 1 is 1.40 bits per heavy atom. The summed E-state index contributed by atoms with van der Waals surface area (Å²) in [5.74, 6) is 1.83. The zero-order valence-electron chi connectivity index (χ0n) is 9.19. The van der Waals surface area contributed by atoms with E-state index in [-0.39, 0.29) is 0 Å². The number of nitrogens with two attached hydrogens (primary N) is 1. The van der Waals surface area contributed by atoms with E-state index in [0.29, 0.717) is 6.54 Å². The van der Waals surface area contributed by atoms with Gasteiger partial charge in [-0.2, -0.15) is 0 Å². The lowest BCUT2D eigenvalue weighted by Crippen LogP contribution is -2.28. The third-order valence-corrected chi connectivity index (χ3v) is 2.80. The molecule has 0 aromatic carbocycles. The van der Waals surface area contributed by atoms with Gasteiger partial charge in [-0.1, -0.05) is 0 Å². The molecule has 0 saturated heterocycles. The molecule has 1 aromatic heterocycles. The second kappa shape index (κ2) is 4.57. The molecule has 4 heteroatoms. The summed E-state index contributed by atoms with van der Waals surface area (Å²) in [6.07, 6.45) is 6.16. The van der Waals surface area contributed by atoms with Crippen molar-refractivity contribution in [1.82, 2.24) is 9.97 Å². The number of nitrogens with zero attached hydrogens (tertiary/aromatic N) is 3. The van der Waals surface area contributed by atoms with Crippen molar-refractivity contribution in [2.45, 2.75) is 26.3 Å². The third kappa shape index (κ3) is 2.45. The van der Waals surface area contributed by atoms with Gasteiger partial charge in [0.15, 0.2) is 5.82 Å². The smallest absolute Gasteiger partial charge is 0.151 e. The van der Waals surface area contributed by atoms with E-state index in [2.05, 4.69) is 21.8 Å². The highest BCUT2D eigenvalue weighted by Gasteiger charge is 2.25. The molecule has 0 radical (unpaired) electrons. The zero-order chi connectivity index (χ0) is 10.7. The van der Waals surface area contributed by atoms with Crippen LogP contribution in [0.4, 0.5) is 5.82 Å². The Labute approximate surface area is 90.5 Å². The number of anilines is 1. The first-order valence-electron chi connectivity index (χ1n) is 5.60. The van der Waals surface area contributed by atoms with Crippen LogP contribution < -0.4 is 10.6 Å². The van der Waals surface area contributed by atoms with Crippen LogP contribution in [0.5, 0.6) is 0 Å². The molecule has 1 aromatic rings. The molecule has 1 aliphatic carbocycles. The van der Waals surface area contributed by atoms with Crippen molar-refractivity contribution in [1.29, 1.82) is 0 Å². The molecule has 1 heterocycles. The van der Waals surface area contributed by atoms with Crippen molar-refractivity contribution in [3.05, 3.63) is 18.1 Å². The Morgan fingerprint density at radius 3 is 2.73 bits per heavy atom. The molecular weight excluding hydrogens is 188 g/mol. The fourth-order valence-corrected chi connectivity index (χ4v) is 1.75. The maximum atomic E-state index is 5.66. The predicted molar refractivity (Wildman–Crippen MR) is 60.5 cm³/mol. The SMILES string of the molecule is CCN(CC1CC1)c1nccnc1CN. The average Bonchev–Trinajstić information content (AvgIpc) is 3.10. The molecule has 0 amide bonds. The van der Waals surface area contributed by atoms with Crippen LogP contribution in [-0.4, -0.2) is 23.1 Å². The van der Waals surface area contributed by atoms with Gasteiger partial charge >= 0.3 is 0 Å². The molecule has 0 atom stereocenters. The molecule has 0 aliphatic heterocycles. The van der Waals surface area contributed by atoms with Crippen molar-refractivity contribution >= 4 is 5.82 Å². The maximum absolute atomic E-state index is 5.66. The first-order valence-corrected chi connectivity index (χ1v) is 5.60. The molecule has 2 rings (SSSR count). The Morgan fingerprint density at radius 2 is 2.13 bits per heavy atom. The van der Waals surface area contributed by atoms with Crippen molar-refractivity contribution in [3.63, 3.8) is 0 Å². The number of hydrogen-bond acceptors (Lipinski definition) is 4. The molecule has 2 N–H and O–H groups in total. The summed E-state index contributed by atoms with van der Waals surface area (Å²) in [5.41, 5.74) is 6.56. The molecule has 15 heavy (non-hydrogen) atoms. The van der Waals surface area contributed by atoms with E-state index < -0.39 is 0 Å². The van der Waals surface area contributed by atoms with Gasteiger partial charge in [0.1, 0.15) is 0 Å².